The van der Waals surface area contributed by atoms with Crippen LogP contribution in [0.3, 0.4) is 0 Å². The van der Waals surface area contributed by atoms with E-state index in [1.54, 1.807) is 0 Å². The molecule has 2 heteroatoms. The van der Waals surface area contributed by atoms with Gasteiger partial charge in [-0.15, -0.1) is 0 Å². The standard InChI is InChI=1S/C13H20O2/c1-11(2)10(15)4-5-13-6-8(13)9(14)7-12(11,13)3/h8,10,15H,4-7H2,1-3H3/t8-,10-,12+,13-/m0/s1. The molecule has 2 nitrogen and oxygen atoms in total. The van der Waals surface area contributed by atoms with Gasteiger partial charge in [-0.1, -0.05) is 20.8 Å². The van der Waals surface area contributed by atoms with Crippen molar-refractivity contribution in [3.8, 4) is 0 Å². The lowest BCUT2D eigenvalue weighted by atomic mass is 9.51. The molecule has 0 aliphatic heterocycles. The van der Waals surface area contributed by atoms with Crippen molar-refractivity contribution in [1.29, 1.82) is 0 Å². The van der Waals surface area contributed by atoms with E-state index in [0.29, 0.717) is 18.1 Å². The van der Waals surface area contributed by atoms with E-state index in [1.165, 1.54) is 0 Å². The number of carbonyl (C=O) groups is 1. The Morgan fingerprint density at radius 3 is 2.60 bits per heavy atom. The minimum Gasteiger partial charge on any atom is -0.393 e. The highest BCUT2D eigenvalue weighted by Gasteiger charge is 2.77. The van der Waals surface area contributed by atoms with Crippen LogP contribution in [-0.4, -0.2) is 17.0 Å². The third-order valence-electron chi connectivity index (χ3n) is 6.21. The van der Waals surface area contributed by atoms with Gasteiger partial charge in [-0.2, -0.15) is 0 Å². The number of hydrogen-bond donors (Lipinski definition) is 1. The van der Waals surface area contributed by atoms with Gasteiger partial charge < -0.3 is 5.11 Å². The normalized spacial score (nSPS) is 56.1. The van der Waals surface area contributed by atoms with Gasteiger partial charge in [0, 0.05) is 12.3 Å². The van der Waals surface area contributed by atoms with Crippen molar-refractivity contribution in [2.45, 2.75) is 52.6 Å². The summed E-state index contributed by atoms with van der Waals surface area (Å²) < 4.78 is 0. The first kappa shape index (κ1) is 9.83. The molecule has 0 aromatic rings. The molecule has 84 valence electrons. The molecule has 3 rings (SSSR count). The summed E-state index contributed by atoms with van der Waals surface area (Å²) in [5.74, 6) is 0.800. The highest BCUT2D eigenvalue weighted by atomic mass is 16.3. The average molecular weight is 208 g/mol. The summed E-state index contributed by atoms with van der Waals surface area (Å²) in [6.45, 7) is 6.53. The molecule has 15 heavy (non-hydrogen) atoms. The molecule has 3 aliphatic rings. The summed E-state index contributed by atoms with van der Waals surface area (Å²) in [5, 5.41) is 10.2. The zero-order valence-electron chi connectivity index (χ0n) is 9.84. The predicted octanol–water partition coefficient (Wildman–Crippen LogP) is 2.15. The summed E-state index contributed by atoms with van der Waals surface area (Å²) in [6.07, 6.45) is 3.50. The second-order valence-corrected chi connectivity index (χ2v) is 6.66. The minimum atomic E-state index is -0.236. The Balaban J connectivity index is 2.10. The number of Topliss-reactive ketones (excluding diaryl/α,β-unsaturated/α-hetero) is 1. The van der Waals surface area contributed by atoms with Crippen LogP contribution in [0.15, 0.2) is 0 Å². The van der Waals surface area contributed by atoms with Gasteiger partial charge in [0.1, 0.15) is 5.78 Å². The third kappa shape index (κ3) is 0.813. The van der Waals surface area contributed by atoms with Gasteiger partial charge >= 0.3 is 0 Å². The van der Waals surface area contributed by atoms with Crippen molar-refractivity contribution in [3.05, 3.63) is 0 Å². The van der Waals surface area contributed by atoms with E-state index in [9.17, 15) is 9.90 Å². The second kappa shape index (κ2) is 2.32. The van der Waals surface area contributed by atoms with Gasteiger partial charge in [0.2, 0.25) is 0 Å². The Morgan fingerprint density at radius 2 is 2.00 bits per heavy atom. The highest BCUT2D eigenvalue weighted by molar-refractivity contribution is 5.89. The summed E-state index contributed by atoms with van der Waals surface area (Å²) >= 11 is 0. The zero-order chi connectivity index (χ0) is 11.1. The van der Waals surface area contributed by atoms with Crippen molar-refractivity contribution < 1.29 is 9.90 Å². The molecular weight excluding hydrogens is 188 g/mol. The molecule has 0 saturated heterocycles. The number of aliphatic hydroxyl groups excluding tert-OH is 1. The van der Waals surface area contributed by atoms with Gasteiger partial charge in [0.15, 0.2) is 0 Å². The topological polar surface area (TPSA) is 37.3 Å². The van der Waals surface area contributed by atoms with Crippen LogP contribution in [0.4, 0.5) is 0 Å². The largest absolute Gasteiger partial charge is 0.393 e. The first-order valence-corrected chi connectivity index (χ1v) is 6.06. The van der Waals surface area contributed by atoms with E-state index in [2.05, 4.69) is 20.8 Å². The molecule has 0 aromatic carbocycles. The Labute approximate surface area is 91.1 Å². The fraction of sp³-hybridized carbons (Fsp3) is 0.923. The molecule has 1 spiro atoms. The quantitative estimate of drug-likeness (QED) is 0.662. The first-order valence-electron chi connectivity index (χ1n) is 6.06. The van der Waals surface area contributed by atoms with Crippen LogP contribution in [0.5, 0.6) is 0 Å². The highest BCUT2D eigenvalue weighted by Crippen LogP contribution is 2.79. The molecule has 0 unspecified atom stereocenters. The van der Waals surface area contributed by atoms with E-state index >= 15 is 0 Å². The molecule has 3 saturated carbocycles. The van der Waals surface area contributed by atoms with E-state index in [-0.39, 0.29) is 22.3 Å². The zero-order valence-corrected chi connectivity index (χ0v) is 9.84. The average Bonchev–Trinajstić information content (AvgIpc) is 2.82. The summed E-state index contributed by atoms with van der Waals surface area (Å²) in [4.78, 5) is 11.9. The smallest absolute Gasteiger partial charge is 0.137 e. The monoisotopic (exact) mass is 208 g/mol. The predicted molar refractivity (Wildman–Crippen MR) is 57.3 cm³/mol. The van der Waals surface area contributed by atoms with E-state index in [0.717, 1.165) is 19.3 Å². The third-order valence-corrected chi connectivity index (χ3v) is 6.21. The number of hydrogen-bond acceptors (Lipinski definition) is 2. The van der Waals surface area contributed by atoms with Crippen LogP contribution in [0.25, 0.3) is 0 Å². The fourth-order valence-electron chi connectivity index (χ4n) is 4.53. The number of ketones is 1. The molecule has 0 radical (unpaired) electrons. The molecule has 0 bridgehead atoms. The van der Waals surface area contributed by atoms with Crippen molar-refractivity contribution in [1.82, 2.24) is 0 Å². The van der Waals surface area contributed by atoms with Crippen molar-refractivity contribution in [2.24, 2.45) is 22.2 Å². The first-order chi connectivity index (χ1) is 6.85. The maximum Gasteiger partial charge on any atom is 0.137 e. The molecule has 1 N–H and O–H groups in total. The lowest BCUT2D eigenvalue weighted by Crippen LogP contribution is -2.52. The molecule has 4 atom stereocenters. The van der Waals surface area contributed by atoms with Gasteiger partial charge in [-0.05, 0) is 35.5 Å². The lowest BCUT2D eigenvalue weighted by Gasteiger charge is -2.54. The molecule has 0 heterocycles. The summed E-state index contributed by atoms with van der Waals surface area (Å²) in [6, 6.07) is 0. The summed E-state index contributed by atoms with van der Waals surface area (Å²) in [5.41, 5.74) is 0.207. The number of aliphatic hydroxyl groups is 1. The molecule has 0 aromatic heterocycles. The van der Waals surface area contributed by atoms with Gasteiger partial charge in [-0.25, -0.2) is 0 Å². The Kier molecular flexibility index (Phi) is 1.52. The van der Waals surface area contributed by atoms with E-state index < -0.39 is 0 Å². The Bertz CT molecular complexity index is 346. The number of rotatable bonds is 0. The molecule has 3 aliphatic carbocycles. The van der Waals surface area contributed by atoms with Crippen LogP contribution in [0.2, 0.25) is 0 Å². The maximum absolute atomic E-state index is 11.9. The van der Waals surface area contributed by atoms with Crippen LogP contribution in [-0.2, 0) is 4.79 Å². The van der Waals surface area contributed by atoms with E-state index in [4.69, 9.17) is 0 Å². The van der Waals surface area contributed by atoms with Crippen LogP contribution >= 0.6 is 0 Å². The Morgan fingerprint density at radius 1 is 1.33 bits per heavy atom. The lowest BCUT2D eigenvalue weighted by molar-refractivity contribution is -0.131. The fourth-order valence-corrected chi connectivity index (χ4v) is 4.53. The molecular formula is C13H20O2. The van der Waals surface area contributed by atoms with Crippen molar-refractivity contribution in [2.75, 3.05) is 0 Å². The van der Waals surface area contributed by atoms with Crippen LogP contribution in [0.1, 0.15) is 46.5 Å². The minimum absolute atomic E-state index is 0.0411. The maximum atomic E-state index is 11.9. The van der Waals surface area contributed by atoms with Crippen LogP contribution < -0.4 is 0 Å². The van der Waals surface area contributed by atoms with Gasteiger partial charge in [0.25, 0.3) is 0 Å². The molecule has 0 amide bonds. The Hall–Kier alpha value is -0.370. The van der Waals surface area contributed by atoms with Gasteiger partial charge in [-0.3, -0.25) is 4.79 Å². The van der Waals surface area contributed by atoms with E-state index in [1.807, 2.05) is 0 Å². The second-order valence-electron chi connectivity index (χ2n) is 6.66. The summed E-state index contributed by atoms with van der Waals surface area (Å²) in [7, 11) is 0. The SMILES string of the molecule is CC1(C)[C@@H](O)CC[C@]23C[C@H]2C(=O)C[C@]13C. The van der Waals surface area contributed by atoms with Crippen molar-refractivity contribution >= 4 is 5.78 Å². The molecule has 3 fully saturated rings. The number of carbonyl (C=O) groups excluding carboxylic acids is 1. The van der Waals surface area contributed by atoms with Crippen molar-refractivity contribution in [3.63, 3.8) is 0 Å². The van der Waals surface area contributed by atoms with Crippen LogP contribution in [0, 0.1) is 22.2 Å². The van der Waals surface area contributed by atoms with Gasteiger partial charge in [0.05, 0.1) is 6.10 Å².